The number of hydrogen-bond donors (Lipinski definition) is 1. The molecule has 0 saturated carbocycles. The molecule has 4 heteroatoms. The van der Waals surface area contributed by atoms with Crippen LogP contribution < -0.4 is 14.8 Å². The van der Waals surface area contributed by atoms with Crippen LogP contribution in [0.1, 0.15) is 26.3 Å². The van der Waals surface area contributed by atoms with E-state index in [1.54, 1.807) is 6.92 Å². The minimum absolute atomic E-state index is 0.123. The van der Waals surface area contributed by atoms with E-state index in [2.05, 4.69) is 5.32 Å². The van der Waals surface area contributed by atoms with Crippen molar-refractivity contribution in [1.29, 1.82) is 0 Å². The van der Waals surface area contributed by atoms with Gasteiger partial charge in [0.2, 0.25) is 0 Å². The lowest BCUT2D eigenvalue weighted by Crippen LogP contribution is -2.30. The summed E-state index contributed by atoms with van der Waals surface area (Å²) in [4.78, 5) is 12.2. The second kappa shape index (κ2) is 7.68. The lowest BCUT2D eigenvalue weighted by Gasteiger charge is -2.15. The van der Waals surface area contributed by atoms with Gasteiger partial charge in [0.15, 0.2) is 6.10 Å². The molecule has 0 unspecified atom stereocenters. The lowest BCUT2D eigenvalue weighted by molar-refractivity contribution is -0.122. The molecule has 4 nitrogen and oxygen atoms in total. The molecule has 0 radical (unpaired) electrons. The molecular formula is C19H23NO3. The summed E-state index contributed by atoms with van der Waals surface area (Å²) < 4.78 is 11.2. The number of carbonyl (C=O) groups excluding carboxylic acids is 1. The normalized spacial score (nSPS) is 11.9. The van der Waals surface area contributed by atoms with Gasteiger partial charge in [-0.1, -0.05) is 12.1 Å². The Kier molecular flexibility index (Phi) is 5.63. The zero-order valence-electron chi connectivity index (χ0n) is 14.0. The highest BCUT2D eigenvalue weighted by molar-refractivity contribution is 5.94. The smallest absolute Gasteiger partial charge is 0.265 e. The summed E-state index contributed by atoms with van der Waals surface area (Å²) in [7, 11) is 0. The van der Waals surface area contributed by atoms with E-state index in [9.17, 15) is 4.79 Å². The van der Waals surface area contributed by atoms with E-state index in [4.69, 9.17) is 9.47 Å². The molecule has 1 N–H and O–H groups in total. The topological polar surface area (TPSA) is 47.6 Å². The molecule has 0 bridgehead atoms. The van der Waals surface area contributed by atoms with Gasteiger partial charge in [-0.05, 0) is 69.7 Å². The monoisotopic (exact) mass is 313 g/mol. The van der Waals surface area contributed by atoms with Gasteiger partial charge < -0.3 is 14.8 Å². The number of anilines is 1. The van der Waals surface area contributed by atoms with Crippen LogP contribution in [0.25, 0.3) is 0 Å². The van der Waals surface area contributed by atoms with Crippen LogP contribution in [0.2, 0.25) is 0 Å². The van der Waals surface area contributed by atoms with E-state index in [0.29, 0.717) is 11.4 Å². The highest BCUT2D eigenvalue weighted by atomic mass is 16.5. The van der Waals surface area contributed by atoms with Crippen molar-refractivity contribution >= 4 is 11.6 Å². The fraction of sp³-hybridized carbons (Fsp3) is 0.316. The molecule has 0 aliphatic rings. The fourth-order valence-corrected chi connectivity index (χ4v) is 2.08. The summed E-state index contributed by atoms with van der Waals surface area (Å²) >= 11 is 0. The molecule has 1 amide bonds. The highest BCUT2D eigenvalue weighted by Gasteiger charge is 2.15. The summed E-state index contributed by atoms with van der Waals surface area (Å²) in [6.45, 7) is 7.66. The molecule has 2 rings (SSSR count). The second-order valence-electron chi connectivity index (χ2n) is 5.76. The predicted molar refractivity (Wildman–Crippen MR) is 92.1 cm³/mol. The number of hydrogen-bond acceptors (Lipinski definition) is 3. The highest BCUT2D eigenvalue weighted by Crippen LogP contribution is 2.18. The maximum atomic E-state index is 12.2. The van der Waals surface area contributed by atoms with Crippen molar-refractivity contribution in [3.63, 3.8) is 0 Å². The SMILES string of the molecule is Cc1cccc(O[C@@H](C)C(=O)Nc2ccc(OC(C)C)cc2)c1. The Morgan fingerprint density at radius 1 is 0.957 bits per heavy atom. The van der Waals surface area contributed by atoms with Crippen molar-refractivity contribution in [3.8, 4) is 11.5 Å². The molecule has 0 aliphatic heterocycles. The number of amides is 1. The molecule has 2 aromatic carbocycles. The van der Waals surface area contributed by atoms with E-state index >= 15 is 0 Å². The van der Waals surface area contributed by atoms with Crippen molar-refractivity contribution in [2.45, 2.75) is 39.9 Å². The first-order chi connectivity index (χ1) is 10.9. The van der Waals surface area contributed by atoms with E-state index in [0.717, 1.165) is 11.3 Å². The minimum atomic E-state index is -0.580. The molecule has 2 aromatic rings. The van der Waals surface area contributed by atoms with Gasteiger partial charge in [0.1, 0.15) is 11.5 Å². The van der Waals surface area contributed by atoms with Gasteiger partial charge >= 0.3 is 0 Å². The molecule has 23 heavy (non-hydrogen) atoms. The molecule has 122 valence electrons. The Morgan fingerprint density at radius 3 is 2.26 bits per heavy atom. The second-order valence-corrected chi connectivity index (χ2v) is 5.76. The van der Waals surface area contributed by atoms with Crippen LogP contribution in [0.3, 0.4) is 0 Å². The van der Waals surface area contributed by atoms with E-state index in [1.165, 1.54) is 0 Å². The number of aryl methyl sites for hydroxylation is 1. The first-order valence-corrected chi connectivity index (χ1v) is 7.75. The quantitative estimate of drug-likeness (QED) is 0.870. The number of nitrogens with one attached hydrogen (secondary N) is 1. The van der Waals surface area contributed by atoms with Crippen molar-refractivity contribution < 1.29 is 14.3 Å². The standard InChI is InChI=1S/C19H23NO3/c1-13(2)22-17-10-8-16(9-11-17)20-19(21)15(4)23-18-7-5-6-14(3)12-18/h5-13,15H,1-4H3,(H,20,21)/t15-/m0/s1. The number of rotatable bonds is 6. The first-order valence-electron chi connectivity index (χ1n) is 7.75. The molecular weight excluding hydrogens is 290 g/mol. The third kappa shape index (κ3) is 5.33. The fourth-order valence-electron chi connectivity index (χ4n) is 2.08. The zero-order chi connectivity index (χ0) is 16.8. The van der Waals surface area contributed by atoms with E-state index in [-0.39, 0.29) is 12.0 Å². The maximum absolute atomic E-state index is 12.2. The Morgan fingerprint density at radius 2 is 1.65 bits per heavy atom. The van der Waals surface area contributed by atoms with Crippen LogP contribution >= 0.6 is 0 Å². The van der Waals surface area contributed by atoms with Crippen LogP contribution in [-0.2, 0) is 4.79 Å². The molecule has 0 aliphatic carbocycles. The third-order valence-corrected chi connectivity index (χ3v) is 3.17. The van der Waals surface area contributed by atoms with Gasteiger partial charge in [-0.3, -0.25) is 4.79 Å². The van der Waals surface area contributed by atoms with Crippen LogP contribution in [0.4, 0.5) is 5.69 Å². The maximum Gasteiger partial charge on any atom is 0.265 e. The average Bonchev–Trinajstić information content (AvgIpc) is 2.48. The van der Waals surface area contributed by atoms with Gasteiger partial charge in [0.25, 0.3) is 5.91 Å². The summed E-state index contributed by atoms with van der Waals surface area (Å²) in [6, 6.07) is 14.9. The molecule has 0 fully saturated rings. The van der Waals surface area contributed by atoms with E-state index in [1.807, 2.05) is 69.3 Å². The summed E-state index contributed by atoms with van der Waals surface area (Å²) in [6.07, 6.45) is -0.457. The lowest BCUT2D eigenvalue weighted by atomic mass is 10.2. The van der Waals surface area contributed by atoms with Crippen LogP contribution in [0.5, 0.6) is 11.5 Å². The largest absolute Gasteiger partial charge is 0.491 e. The zero-order valence-corrected chi connectivity index (χ0v) is 14.0. The predicted octanol–water partition coefficient (Wildman–Crippen LogP) is 4.19. The van der Waals surface area contributed by atoms with Gasteiger partial charge in [-0.15, -0.1) is 0 Å². The minimum Gasteiger partial charge on any atom is -0.491 e. The molecule has 0 saturated heterocycles. The van der Waals surface area contributed by atoms with Gasteiger partial charge in [0.05, 0.1) is 6.10 Å². The van der Waals surface area contributed by atoms with Crippen molar-refractivity contribution in [3.05, 3.63) is 54.1 Å². The molecule has 0 spiro atoms. The Balaban J connectivity index is 1.92. The van der Waals surface area contributed by atoms with Crippen LogP contribution in [0, 0.1) is 6.92 Å². The Bertz CT molecular complexity index is 650. The number of benzene rings is 2. The van der Waals surface area contributed by atoms with Crippen LogP contribution in [-0.4, -0.2) is 18.1 Å². The van der Waals surface area contributed by atoms with Gasteiger partial charge in [-0.2, -0.15) is 0 Å². The third-order valence-electron chi connectivity index (χ3n) is 3.17. The van der Waals surface area contributed by atoms with Crippen molar-refractivity contribution in [1.82, 2.24) is 0 Å². The van der Waals surface area contributed by atoms with Crippen molar-refractivity contribution in [2.75, 3.05) is 5.32 Å². The summed E-state index contributed by atoms with van der Waals surface area (Å²) in [5.41, 5.74) is 1.81. The Labute approximate surface area is 137 Å². The molecule has 1 atom stereocenters. The first kappa shape index (κ1) is 16.9. The number of carbonyl (C=O) groups is 1. The Hall–Kier alpha value is -2.49. The number of ether oxygens (including phenoxy) is 2. The molecule has 0 aromatic heterocycles. The van der Waals surface area contributed by atoms with Crippen LogP contribution in [0.15, 0.2) is 48.5 Å². The summed E-state index contributed by atoms with van der Waals surface area (Å²) in [5.74, 6) is 1.28. The molecule has 0 heterocycles. The van der Waals surface area contributed by atoms with E-state index < -0.39 is 6.10 Å². The van der Waals surface area contributed by atoms with Crippen molar-refractivity contribution in [2.24, 2.45) is 0 Å². The average molecular weight is 313 g/mol. The van der Waals surface area contributed by atoms with Gasteiger partial charge in [-0.25, -0.2) is 0 Å². The summed E-state index contributed by atoms with van der Waals surface area (Å²) in [5, 5.41) is 2.84. The van der Waals surface area contributed by atoms with Gasteiger partial charge in [0, 0.05) is 5.69 Å².